The third-order valence-electron chi connectivity index (χ3n) is 3.52. The Morgan fingerprint density at radius 2 is 1.96 bits per heavy atom. The van der Waals surface area contributed by atoms with Gasteiger partial charge in [-0.1, -0.05) is 23.7 Å². The van der Waals surface area contributed by atoms with Crippen molar-refractivity contribution in [1.29, 1.82) is 0 Å². The molecule has 0 bridgehead atoms. The zero-order valence-electron chi connectivity index (χ0n) is 13.1. The molecule has 3 rings (SSSR count). The summed E-state index contributed by atoms with van der Waals surface area (Å²) in [6.45, 7) is 0.428. The number of nitrogens with zero attached hydrogens (tertiary/aromatic N) is 1. The first-order chi connectivity index (χ1) is 11.7. The monoisotopic (exact) mass is 359 g/mol. The number of benzene rings is 2. The number of para-hydroxylation sites is 2. The van der Waals surface area contributed by atoms with Crippen molar-refractivity contribution in [2.45, 2.75) is 24.3 Å². The first-order valence-corrected chi connectivity index (χ1v) is 9.16. The number of hydrogen-bond donors (Lipinski definition) is 2. The third-order valence-corrected chi connectivity index (χ3v) is 4.87. The van der Waals surface area contributed by atoms with E-state index < -0.39 is 0 Å². The highest BCUT2D eigenvalue weighted by Gasteiger charge is 2.05. The van der Waals surface area contributed by atoms with Gasteiger partial charge in [0.05, 0.1) is 17.6 Å². The number of thioether (sulfide) groups is 1. The third kappa shape index (κ3) is 4.76. The average molecular weight is 360 g/mol. The van der Waals surface area contributed by atoms with Gasteiger partial charge in [-0.25, -0.2) is 4.98 Å². The molecule has 0 fully saturated rings. The van der Waals surface area contributed by atoms with Crippen molar-refractivity contribution < 1.29 is 4.79 Å². The number of nitrogens with one attached hydrogen (secondary N) is 2. The van der Waals surface area contributed by atoms with E-state index in [2.05, 4.69) is 15.3 Å². The van der Waals surface area contributed by atoms with Crippen LogP contribution in [0.3, 0.4) is 0 Å². The quantitative estimate of drug-likeness (QED) is 0.485. The molecule has 0 saturated heterocycles. The standard InChI is InChI=1S/C18H18ClN3OS/c19-13-7-9-14(10-8-13)24-11-3-6-18(23)20-12-17-21-15-4-1-2-5-16(15)22-17/h1-2,4-5,7-10H,3,6,11-12H2,(H,20,23)(H,21,22). The Balaban J connectivity index is 1.37. The van der Waals surface area contributed by atoms with Crippen molar-refractivity contribution in [3.63, 3.8) is 0 Å². The summed E-state index contributed by atoms with van der Waals surface area (Å²) in [7, 11) is 0. The molecule has 0 saturated carbocycles. The molecule has 4 nitrogen and oxygen atoms in total. The average Bonchev–Trinajstić information content (AvgIpc) is 3.01. The van der Waals surface area contributed by atoms with E-state index in [1.807, 2.05) is 48.5 Å². The summed E-state index contributed by atoms with van der Waals surface area (Å²) < 4.78 is 0. The van der Waals surface area contributed by atoms with Crippen LogP contribution in [0.4, 0.5) is 0 Å². The first-order valence-electron chi connectivity index (χ1n) is 7.79. The second-order valence-electron chi connectivity index (χ2n) is 5.38. The van der Waals surface area contributed by atoms with Crippen molar-refractivity contribution in [3.05, 3.63) is 59.4 Å². The minimum Gasteiger partial charge on any atom is -0.349 e. The van der Waals surface area contributed by atoms with Crippen molar-refractivity contribution >= 4 is 40.3 Å². The fourth-order valence-corrected chi connectivity index (χ4v) is 3.29. The highest BCUT2D eigenvalue weighted by molar-refractivity contribution is 7.99. The van der Waals surface area contributed by atoms with Crippen LogP contribution in [0, 0.1) is 0 Å². The largest absolute Gasteiger partial charge is 0.349 e. The number of halogens is 1. The van der Waals surface area contributed by atoms with Crippen molar-refractivity contribution in [2.75, 3.05) is 5.75 Å². The molecule has 0 radical (unpaired) electrons. The Labute approximate surface area is 150 Å². The lowest BCUT2D eigenvalue weighted by Gasteiger charge is -2.04. The zero-order chi connectivity index (χ0) is 16.8. The number of imidazole rings is 1. The van der Waals surface area contributed by atoms with Crippen LogP contribution < -0.4 is 5.32 Å². The molecule has 0 spiro atoms. The number of hydrogen-bond acceptors (Lipinski definition) is 3. The van der Waals surface area contributed by atoms with Crippen molar-refractivity contribution in [1.82, 2.24) is 15.3 Å². The van der Waals surface area contributed by atoms with Crippen LogP contribution in [-0.2, 0) is 11.3 Å². The van der Waals surface area contributed by atoms with Gasteiger partial charge in [0.2, 0.25) is 5.91 Å². The fourth-order valence-electron chi connectivity index (χ4n) is 2.31. The number of aromatic nitrogens is 2. The molecule has 1 amide bonds. The molecule has 3 aromatic rings. The topological polar surface area (TPSA) is 57.8 Å². The number of H-pyrrole nitrogens is 1. The molecule has 24 heavy (non-hydrogen) atoms. The predicted molar refractivity (Wildman–Crippen MR) is 99.4 cm³/mol. The number of aromatic amines is 1. The summed E-state index contributed by atoms with van der Waals surface area (Å²) in [4.78, 5) is 20.7. The zero-order valence-corrected chi connectivity index (χ0v) is 14.7. The van der Waals surface area contributed by atoms with Crippen molar-refractivity contribution in [3.8, 4) is 0 Å². The van der Waals surface area contributed by atoms with Gasteiger partial charge >= 0.3 is 0 Å². The predicted octanol–water partition coefficient (Wildman–Crippen LogP) is 4.41. The number of carbonyl (C=O) groups is 1. The molecular formula is C18H18ClN3OS. The Bertz CT molecular complexity index is 784. The van der Waals surface area contributed by atoms with E-state index in [0.29, 0.717) is 13.0 Å². The summed E-state index contributed by atoms with van der Waals surface area (Å²) in [6, 6.07) is 15.6. The van der Waals surface area contributed by atoms with Gasteiger partial charge in [0.15, 0.2) is 0 Å². The Morgan fingerprint density at radius 3 is 2.75 bits per heavy atom. The number of carbonyl (C=O) groups excluding carboxylic acids is 1. The van der Waals surface area contributed by atoms with Gasteiger partial charge in [0, 0.05) is 16.3 Å². The van der Waals surface area contributed by atoms with Gasteiger partial charge in [0.25, 0.3) is 0 Å². The Morgan fingerprint density at radius 1 is 1.17 bits per heavy atom. The molecule has 1 aromatic heterocycles. The highest BCUT2D eigenvalue weighted by Crippen LogP contribution is 2.21. The fraction of sp³-hybridized carbons (Fsp3) is 0.222. The van der Waals surface area contributed by atoms with E-state index in [0.717, 1.165) is 34.1 Å². The maximum absolute atomic E-state index is 11.9. The van der Waals surface area contributed by atoms with E-state index in [1.54, 1.807) is 11.8 Å². The van der Waals surface area contributed by atoms with Crippen molar-refractivity contribution in [2.24, 2.45) is 0 Å². The van der Waals surface area contributed by atoms with Crippen LogP contribution >= 0.6 is 23.4 Å². The van der Waals surface area contributed by atoms with Crippen LogP contribution in [0.1, 0.15) is 18.7 Å². The van der Waals surface area contributed by atoms with E-state index >= 15 is 0 Å². The van der Waals surface area contributed by atoms with E-state index in [-0.39, 0.29) is 5.91 Å². The van der Waals surface area contributed by atoms with E-state index in [9.17, 15) is 4.79 Å². The molecule has 2 aromatic carbocycles. The number of amides is 1. The molecule has 124 valence electrons. The van der Waals surface area contributed by atoms with E-state index in [4.69, 9.17) is 11.6 Å². The summed E-state index contributed by atoms with van der Waals surface area (Å²) in [5.74, 6) is 1.73. The minimum atomic E-state index is 0.0483. The summed E-state index contributed by atoms with van der Waals surface area (Å²) >= 11 is 7.59. The number of rotatable bonds is 7. The van der Waals surface area contributed by atoms with Gasteiger partial charge in [-0.2, -0.15) is 0 Å². The molecular weight excluding hydrogens is 342 g/mol. The summed E-state index contributed by atoms with van der Waals surface area (Å²) in [5.41, 5.74) is 1.90. The summed E-state index contributed by atoms with van der Waals surface area (Å²) in [5, 5.41) is 3.65. The van der Waals surface area contributed by atoms with Gasteiger partial charge in [0.1, 0.15) is 5.82 Å². The highest BCUT2D eigenvalue weighted by atomic mass is 35.5. The van der Waals surface area contributed by atoms with E-state index in [1.165, 1.54) is 4.90 Å². The van der Waals surface area contributed by atoms with Crippen LogP contribution in [-0.4, -0.2) is 21.6 Å². The first kappa shape index (κ1) is 16.9. The van der Waals surface area contributed by atoms with Crippen LogP contribution in [0.5, 0.6) is 0 Å². The van der Waals surface area contributed by atoms with Crippen LogP contribution in [0.15, 0.2) is 53.4 Å². The maximum atomic E-state index is 11.9. The van der Waals surface area contributed by atoms with Gasteiger partial charge in [-0.05, 0) is 48.6 Å². The van der Waals surface area contributed by atoms with Crippen LogP contribution in [0.2, 0.25) is 5.02 Å². The maximum Gasteiger partial charge on any atom is 0.220 e. The molecule has 2 N–H and O–H groups in total. The normalized spacial score (nSPS) is 10.9. The SMILES string of the molecule is O=C(CCCSc1ccc(Cl)cc1)NCc1nc2ccccc2[nH]1. The van der Waals surface area contributed by atoms with Gasteiger partial charge in [-0.3, -0.25) is 4.79 Å². The lowest BCUT2D eigenvalue weighted by atomic mass is 10.3. The molecule has 1 heterocycles. The molecule has 0 aliphatic rings. The Kier molecular flexibility index (Phi) is 5.77. The molecule has 0 unspecified atom stereocenters. The van der Waals surface area contributed by atoms with Crippen LogP contribution in [0.25, 0.3) is 11.0 Å². The second kappa shape index (κ2) is 8.22. The van der Waals surface area contributed by atoms with Gasteiger partial charge in [-0.15, -0.1) is 11.8 Å². The summed E-state index contributed by atoms with van der Waals surface area (Å²) in [6.07, 6.45) is 1.35. The molecule has 0 aliphatic carbocycles. The van der Waals surface area contributed by atoms with Gasteiger partial charge < -0.3 is 10.3 Å². The second-order valence-corrected chi connectivity index (χ2v) is 6.99. The molecule has 0 atom stereocenters. The lowest BCUT2D eigenvalue weighted by Crippen LogP contribution is -2.23. The number of fused-ring (bicyclic) bond motifs is 1. The molecule has 0 aliphatic heterocycles. The minimum absolute atomic E-state index is 0.0483. The molecule has 6 heteroatoms. The Hall–Kier alpha value is -1.98. The smallest absolute Gasteiger partial charge is 0.220 e. The lowest BCUT2D eigenvalue weighted by molar-refractivity contribution is -0.121.